The first-order valence-electron chi connectivity index (χ1n) is 6.04. The summed E-state index contributed by atoms with van der Waals surface area (Å²) in [4.78, 5) is 26.0. The zero-order chi connectivity index (χ0) is 14.1. The fourth-order valence-corrected chi connectivity index (χ4v) is 1.90. The van der Waals surface area contributed by atoms with Crippen molar-refractivity contribution < 1.29 is 19.1 Å². The Morgan fingerprint density at radius 2 is 2.00 bits per heavy atom. The molecule has 0 aliphatic carbocycles. The van der Waals surface area contributed by atoms with Crippen molar-refractivity contribution in [2.45, 2.75) is 6.92 Å². The van der Waals surface area contributed by atoms with Gasteiger partial charge in [-0.3, -0.25) is 9.59 Å². The molecule has 102 valence electrons. The second-order valence-electron chi connectivity index (χ2n) is 4.38. The number of rotatable bonds is 3. The standard InChI is InChI=1S/C14H12N2O4/c1-8(17)9-4-11(15-6-9)14(18)16-10-2-3-12-13(5-10)20-7-19-12/h2-6,15H,7H2,1H3,(H,16,18). The smallest absolute Gasteiger partial charge is 0.272 e. The Bertz CT molecular complexity index is 690. The van der Waals surface area contributed by atoms with Gasteiger partial charge in [0.2, 0.25) is 6.79 Å². The first kappa shape index (κ1) is 12.3. The molecule has 2 heterocycles. The molecule has 0 unspecified atom stereocenters. The number of carbonyl (C=O) groups excluding carboxylic acids is 2. The number of carbonyl (C=O) groups is 2. The summed E-state index contributed by atoms with van der Waals surface area (Å²) in [6.45, 7) is 1.63. The molecule has 0 spiro atoms. The molecular weight excluding hydrogens is 260 g/mol. The quantitative estimate of drug-likeness (QED) is 0.839. The fraction of sp³-hybridized carbons (Fsp3) is 0.143. The van der Waals surface area contributed by atoms with Gasteiger partial charge in [0.1, 0.15) is 5.69 Å². The molecule has 1 amide bonds. The van der Waals surface area contributed by atoms with Crippen LogP contribution >= 0.6 is 0 Å². The SMILES string of the molecule is CC(=O)c1c[nH]c(C(=O)Nc2ccc3c(c2)OCO3)c1. The maximum atomic E-state index is 12.0. The van der Waals surface area contributed by atoms with E-state index in [0.29, 0.717) is 28.4 Å². The summed E-state index contributed by atoms with van der Waals surface area (Å²) >= 11 is 0. The zero-order valence-electron chi connectivity index (χ0n) is 10.7. The van der Waals surface area contributed by atoms with Crippen LogP contribution in [0.5, 0.6) is 11.5 Å². The Morgan fingerprint density at radius 1 is 1.20 bits per heavy atom. The summed E-state index contributed by atoms with van der Waals surface area (Å²) in [5.41, 5.74) is 1.40. The van der Waals surface area contributed by atoms with E-state index in [-0.39, 0.29) is 18.5 Å². The third-order valence-electron chi connectivity index (χ3n) is 2.96. The molecule has 3 rings (SSSR count). The van der Waals surface area contributed by atoms with E-state index in [9.17, 15) is 9.59 Å². The molecule has 20 heavy (non-hydrogen) atoms. The van der Waals surface area contributed by atoms with Gasteiger partial charge in [0.15, 0.2) is 17.3 Å². The minimum Gasteiger partial charge on any atom is -0.454 e. The van der Waals surface area contributed by atoms with Gasteiger partial charge in [0, 0.05) is 23.5 Å². The van der Waals surface area contributed by atoms with Crippen LogP contribution in [0, 0.1) is 0 Å². The number of H-pyrrole nitrogens is 1. The molecule has 1 aliphatic rings. The topological polar surface area (TPSA) is 80.4 Å². The highest BCUT2D eigenvalue weighted by molar-refractivity contribution is 6.05. The summed E-state index contributed by atoms with van der Waals surface area (Å²) in [7, 11) is 0. The second kappa shape index (κ2) is 4.73. The number of amides is 1. The number of anilines is 1. The average molecular weight is 272 g/mol. The molecule has 6 nitrogen and oxygen atoms in total. The Hall–Kier alpha value is -2.76. The van der Waals surface area contributed by atoms with Gasteiger partial charge in [-0.15, -0.1) is 0 Å². The van der Waals surface area contributed by atoms with Gasteiger partial charge in [-0.1, -0.05) is 0 Å². The van der Waals surface area contributed by atoms with Crippen LogP contribution in [0.4, 0.5) is 5.69 Å². The Labute approximate surface area is 114 Å². The monoisotopic (exact) mass is 272 g/mol. The molecular formula is C14H12N2O4. The van der Waals surface area contributed by atoms with E-state index in [1.807, 2.05) is 0 Å². The fourth-order valence-electron chi connectivity index (χ4n) is 1.90. The number of aromatic amines is 1. The summed E-state index contributed by atoms with van der Waals surface area (Å²) in [5, 5.41) is 2.72. The normalized spacial score (nSPS) is 12.2. The number of aromatic nitrogens is 1. The van der Waals surface area contributed by atoms with Crippen LogP contribution in [0.2, 0.25) is 0 Å². The van der Waals surface area contributed by atoms with Crippen LogP contribution < -0.4 is 14.8 Å². The van der Waals surface area contributed by atoms with Crippen molar-refractivity contribution in [2.75, 3.05) is 12.1 Å². The van der Waals surface area contributed by atoms with Crippen molar-refractivity contribution in [3.63, 3.8) is 0 Å². The number of fused-ring (bicyclic) bond motifs is 1. The van der Waals surface area contributed by atoms with Gasteiger partial charge >= 0.3 is 0 Å². The Morgan fingerprint density at radius 3 is 2.75 bits per heavy atom. The molecule has 2 N–H and O–H groups in total. The second-order valence-corrected chi connectivity index (χ2v) is 4.38. The minimum atomic E-state index is -0.323. The lowest BCUT2D eigenvalue weighted by atomic mass is 10.2. The molecule has 0 bridgehead atoms. The van der Waals surface area contributed by atoms with Crippen molar-refractivity contribution in [1.29, 1.82) is 0 Å². The highest BCUT2D eigenvalue weighted by Crippen LogP contribution is 2.34. The van der Waals surface area contributed by atoms with Crippen LogP contribution in [0.3, 0.4) is 0 Å². The molecule has 2 aromatic rings. The predicted molar refractivity (Wildman–Crippen MR) is 71.3 cm³/mol. The van der Waals surface area contributed by atoms with Crippen molar-refractivity contribution in [3.8, 4) is 11.5 Å². The van der Waals surface area contributed by atoms with Crippen LogP contribution in [0.15, 0.2) is 30.5 Å². The number of Topliss-reactive ketones (excluding diaryl/α,β-unsaturated/α-hetero) is 1. The molecule has 0 atom stereocenters. The maximum absolute atomic E-state index is 12.0. The highest BCUT2D eigenvalue weighted by Gasteiger charge is 2.15. The van der Waals surface area contributed by atoms with Crippen molar-refractivity contribution >= 4 is 17.4 Å². The van der Waals surface area contributed by atoms with Crippen LogP contribution in [0.1, 0.15) is 27.8 Å². The number of ether oxygens (including phenoxy) is 2. The third-order valence-corrected chi connectivity index (χ3v) is 2.96. The maximum Gasteiger partial charge on any atom is 0.272 e. The zero-order valence-corrected chi connectivity index (χ0v) is 10.7. The van der Waals surface area contributed by atoms with Gasteiger partial charge < -0.3 is 19.8 Å². The van der Waals surface area contributed by atoms with Gasteiger partial charge in [0.25, 0.3) is 5.91 Å². The number of hydrogen-bond acceptors (Lipinski definition) is 4. The largest absolute Gasteiger partial charge is 0.454 e. The van der Waals surface area contributed by atoms with Crippen molar-refractivity contribution in [3.05, 3.63) is 41.7 Å². The van der Waals surface area contributed by atoms with E-state index in [1.54, 1.807) is 18.2 Å². The average Bonchev–Trinajstić information content (AvgIpc) is 3.07. The van der Waals surface area contributed by atoms with E-state index in [1.165, 1.54) is 19.2 Å². The van der Waals surface area contributed by atoms with Crippen molar-refractivity contribution in [2.24, 2.45) is 0 Å². The van der Waals surface area contributed by atoms with E-state index < -0.39 is 0 Å². The van der Waals surface area contributed by atoms with E-state index in [0.717, 1.165) is 0 Å². The number of hydrogen-bond donors (Lipinski definition) is 2. The van der Waals surface area contributed by atoms with E-state index >= 15 is 0 Å². The first-order chi connectivity index (χ1) is 9.63. The molecule has 1 aliphatic heterocycles. The molecule has 0 fully saturated rings. The van der Waals surface area contributed by atoms with Crippen molar-refractivity contribution in [1.82, 2.24) is 4.98 Å². The van der Waals surface area contributed by atoms with E-state index in [2.05, 4.69) is 10.3 Å². The predicted octanol–water partition coefficient (Wildman–Crippen LogP) is 2.20. The number of benzene rings is 1. The van der Waals surface area contributed by atoms with Gasteiger partial charge in [-0.25, -0.2) is 0 Å². The first-order valence-corrected chi connectivity index (χ1v) is 6.04. The minimum absolute atomic E-state index is 0.0941. The van der Waals surface area contributed by atoms with Gasteiger partial charge in [0.05, 0.1) is 0 Å². The lowest BCUT2D eigenvalue weighted by Crippen LogP contribution is -2.12. The molecule has 0 radical (unpaired) electrons. The summed E-state index contributed by atoms with van der Waals surface area (Å²) in [6.07, 6.45) is 1.51. The Kier molecular flexibility index (Phi) is 2.90. The Balaban J connectivity index is 1.76. The van der Waals surface area contributed by atoms with Crippen LogP contribution in [-0.4, -0.2) is 23.5 Å². The lowest BCUT2D eigenvalue weighted by molar-refractivity contribution is 0.101. The van der Waals surface area contributed by atoms with Crippen LogP contribution in [-0.2, 0) is 0 Å². The molecule has 1 aromatic carbocycles. The summed E-state index contributed by atoms with van der Waals surface area (Å²) in [5.74, 6) is 0.834. The number of ketones is 1. The molecule has 1 aromatic heterocycles. The molecule has 0 saturated carbocycles. The number of nitrogens with one attached hydrogen (secondary N) is 2. The molecule has 0 saturated heterocycles. The lowest BCUT2D eigenvalue weighted by Gasteiger charge is -2.04. The highest BCUT2D eigenvalue weighted by atomic mass is 16.7. The summed E-state index contributed by atoms with van der Waals surface area (Å²) in [6, 6.07) is 6.66. The summed E-state index contributed by atoms with van der Waals surface area (Å²) < 4.78 is 10.4. The molecule has 6 heteroatoms. The van der Waals surface area contributed by atoms with Crippen LogP contribution in [0.25, 0.3) is 0 Å². The van der Waals surface area contributed by atoms with E-state index in [4.69, 9.17) is 9.47 Å². The van der Waals surface area contributed by atoms with Gasteiger partial charge in [-0.05, 0) is 25.1 Å². The van der Waals surface area contributed by atoms with Gasteiger partial charge in [-0.2, -0.15) is 0 Å². The third kappa shape index (κ3) is 2.23.